The predicted molar refractivity (Wildman–Crippen MR) is 89.3 cm³/mol. The molecule has 23 heavy (non-hydrogen) atoms. The number of esters is 1. The average Bonchev–Trinajstić information content (AvgIpc) is 3.01. The van der Waals surface area contributed by atoms with E-state index in [1.54, 1.807) is 13.0 Å². The molecule has 0 bridgehead atoms. The Labute approximate surface area is 135 Å². The number of carbonyl (C=O) groups excluding carboxylic acids is 1. The molecular weight excluding hydrogens is 288 g/mol. The molecule has 0 aliphatic rings. The first kappa shape index (κ1) is 15.1. The van der Waals surface area contributed by atoms with Gasteiger partial charge in [0.05, 0.1) is 6.61 Å². The van der Waals surface area contributed by atoms with Gasteiger partial charge in [0.1, 0.15) is 17.1 Å². The highest BCUT2D eigenvalue weighted by Gasteiger charge is 2.20. The summed E-state index contributed by atoms with van der Waals surface area (Å²) in [4.78, 5) is 12.2. The van der Waals surface area contributed by atoms with Gasteiger partial charge in [-0.3, -0.25) is 0 Å². The minimum Gasteiger partial charge on any atom is -0.462 e. The van der Waals surface area contributed by atoms with E-state index < -0.39 is 0 Å². The van der Waals surface area contributed by atoms with E-state index in [0.717, 1.165) is 16.9 Å². The van der Waals surface area contributed by atoms with Crippen molar-refractivity contribution in [2.24, 2.45) is 0 Å². The second kappa shape index (κ2) is 6.97. The highest BCUT2D eigenvalue weighted by atomic mass is 16.5. The van der Waals surface area contributed by atoms with Crippen LogP contribution in [0.5, 0.6) is 0 Å². The molecule has 3 heteroatoms. The van der Waals surface area contributed by atoms with Crippen molar-refractivity contribution in [2.45, 2.75) is 13.3 Å². The van der Waals surface area contributed by atoms with Gasteiger partial charge in [0.25, 0.3) is 0 Å². The van der Waals surface area contributed by atoms with Crippen molar-refractivity contribution in [3.63, 3.8) is 0 Å². The fourth-order valence-electron chi connectivity index (χ4n) is 2.49. The van der Waals surface area contributed by atoms with E-state index in [1.165, 1.54) is 0 Å². The Balaban J connectivity index is 1.98. The van der Waals surface area contributed by atoms with E-state index in [-0.39, 0.29) is 5.97 Å². The Kier molecular flexibility index (Phi) is 4.57. The molecule has 1 aromatic heterocycles. The number of rotatable bonds is 5. The average molecular weight is 306 g/mol. The van der Waals surface area contributed by atoms with E-state index in [0.29, 0.717) is 24.4 Å². The van der Waals surface area contributed by atoms with Crippen LogP contribution in [-0.4, -0.2) is 12.6 Å². The van der Waals surface area contributed by atoms with Crippen LogP contribution >= 0.6 is 0 Å². The first-order chi connectivity index (χ1) is 11.3. The number of hydrogen-bond acceptors (Lipinski definition) is 3. The lowest BCUT2D eigenvalue weighted by Gasteiger charge is -2.02. The molecule has 0 saturated heterocycles. The van der Waals surface area contributed by atoms with Gasteiger partial charge < -0.3 is 9.15 Å². The molecule has 3 nitrogen and oxygen atoms in total. The molecule has 116 valence electrons. The smallest absolute Gasteiger partial charge is 0.342 e. The molecule has 2 aromatic carbocycles. The third kappa shape index (κ3) is 3.51. The van der Waals surface area contributed by atoms with E-state index >= 15 is 0 Å². The lowest BCUT2D eigenvalue weighted by Crippen LogP contribution is -2.04. The molecule has 3 aromatic rings. The predicted octanol–water partition coefficient (Wildman–Crippen LogP) is 4.71. The van der Waals surface area contributed by atoms with E-state index in [4.69, 9.17) is 9.15 Å². The standard InChI is InChI=1S/C20H18O3/c1-2-22-20(21)18-14-17(13-15-9-5-3-6-10-15)23-19(18)16-11-7-4-8-12-16/h3-12,14H,2,13H2,1H3. The van der Waals surface area contributed by atoms with Crippen molar-refractivity contribution in [1.29, 1.82) is 0 Å². The Morgan fingerprint density at radius 2 is 1.65 bits per heavy atom. The van der Waals surface area contributed by atoms with Crippen LogP contribution in [0, 0.1) is 0 Å². The molecule has 0 radical (unpaired) electrons. The van der Waals surface area contributed by atoms with Gasteiger partial charge in [-0.15, -0.1) is 0 Å². The van der Waals surface area contributed by atoms with Crippen LogP contribution in [0.3, 0.4) is 0 Å². The zero-order valence-corrected chi connectivity index (χ0v) is 13.0. The number of furan rings is 1. The van der Waals surface area contributed by atoms with Crippen LogP contribution in [0.2, 0.25) is 0 Å². The zero-order chi connectivity index (χ0) is 16.1. The summed E-state index contributed by atoms with van der Waals surface area (Å²) in [6.07, 6.45) is 0.639. The Bertz CT molecular complexity index is 773. The summed E-state index contributed by atoms with van der Waals surface area (Å²) >= 11 is 0. The van der Waals surface area contributed by atoms with Gasteiger partial charge in [0.2, 0.25) is 0 Å². The van der Waals surface area contributed by atoms with Crippen molar-refractivity contribution >= 4 is 5.97 Å². The van der Waals surface area contributed by atoms with Crippen molar-refractivity contribution in [3.05, 3.63) is 83.6 Å². The van der Waals surface area contributed by atoms with Gasteiger partial charge in [0, 0.05) is 12.0 Å². The number of benzene rings is 2. The molecule has 0 atom stereocenters. The first-order valence-electron chi connectivity index (χ1n) is 7.67. The maximum atomic E-state index is 12.2. The summed E-state index contributed by atoms with van der Waals surface area (Å²) in [6, 6.07) is 21.4. The van der Waals surface area contributed by atoms with Crippen LogP contribution in [0.15, 0.2) is 71.1 Å². The monoisotopic (exact) mass is 306 g/mol. The minimum absolute atomic E-state index is 0.340. The highest BCUT2D eigenvalue weighted by molar-refractivity contribution is 5.96. The second-order valence-corrected chi connectivity index (χ2v) is 5.20. The van der Waals surface area contributed by atoms with Crippen molar-refractivity contribution in [2.75, 3.05) is 6.61 Å². The van der Waals surface area contributed by atoms with Crippen molar-refractivity contribution in [3.8, 4) is 11.3 Å². The van der Waals surface area contributed by atoms with Gasteiger partial charge in [-0.25, -0.2) is 4.79 Å². The maximum Gasteiger partial charge on any atom is 0.342 e. The molecule has 0 spiro atoms. The third-order valence-corrected chi connectivity index (χ3v) is 3.54. The normalized spacial score (nSPS) is 10.5. The summed E-state index contributed by atoms with van der Waals surface area (Å²) in [5.74, 6) is 0.961. The summed E-state index contributed by atoms with van der Waals surface area (Å²) < 4.78 is 11.1. The largest absolute Gasteiger partial charge is 0.462 e. The lowest BCUT2D eigenvalue weighted by molar-refractivity contribution is 0.0526. The van der Waals surface area contributed by atoms with Crippen molar-refractivity contribution in [1.82, 2.24) is 0 Å². The van der Waals surface area contributed by atoms with Gasteiger partial charge in [-0.1, -0.05) is 60.7 Å². The van der Waals surface area contributed by atoms with Gasteiger partial charge in [-0.2, -0.15) is 0 Å². The molecule has 0 aliphatic carbocycles. The molecule has 0 fully saturated rings. The van der Waals surface area contributed by atoms with E-state index in [1.807, 2.05) is 60.7 Å². The molecule has 3 rings (SSSR count). The molecule has 0 N–H and O–H groups in total. The van der Waals surface area contributed by atoms with Crippen molar-refractivity contribution < 1.29 is 13.9 Å². The van der Waals surface area contributed by atoms with Crippen LogP contribution in [0.1, 0.15) is 28.6 Å². The van der Waals surface area contributed by atoms with Gasteiger partial charge >= 0.3 is 5.97 Å². The van der Waals surface area contributed by atoms with Crippen LogP contribution in [0.25, 0.3) is 11.3 Å². The summed E-state index contributed by atoms with van der Waals surface area (Å²) in [5.41, 5.74) is 2.48. The fraction of sp³-hybridized carbons (Fsp3) is 0.150. The number of ether oxygens (including phenoxy) is 1. The minimum atomic E-state index is -0.352. The third-order valence-electron chi connectivity index (χ3n) is 3.54. The SMILES string of the molecule is CCOC(=O)c1cc(Cc2ccccc2)oc1-c1ccccc1. The Morgan fingerprint density at radius 3 is 2.30 bits per heavy atom. The van der Waals surface area contributed by atoms with Crippen LogP contribution in [-0.2, 0) is 11.2 Å². The molecular formula is C20H18O3. The summed E-state index contributed by atoms with van der Waals surface area (Å²) in [5, 5.41) is 0. The van der Waals surface area contributed by atoms with Crippen LogP contribution < -0.4 is 0 Å². The van der Waals surface area contributed by atoms with Gasteiger partial charge in [-0.05, 0) is 18.6 Å². The molecule has 0 amide bonds. The summed E-state index contributed by atoms with van der Waals surface area (Å²) in [6.45, 7) is 2.14. The quantitative estimate of drug-likeness (QED) is 0.641. The maximum absolute atomic E-state index is 12.2. The second-order valence-electron chi connectivity index (χ2n) is 5.20. The molecule has 1 heterocycles. The Morgan fingerprint density at radius 1 is 1.00 bits per heavy atom. The lowest BCUT2D eigenvalue weighted by atomic mass is 10.1. The molecule has 0 saturated carbocycles. The fourth-order valence-corrected chi connectivity index (χ4v) is 2.49. The van der Waals surface area contributed by atoms with E-state index in [9.17, 15) is 4.79 Å². The summed E-state index contributed by atoms with van der Waals surface area (Å²) in [7, 11) is 0. The number of carbonyl (C=O) groups is 1. The van der Waals surface area contributed by atoms with Crippen LogP contribution in [0.4, 0.5) is 0 Å². The zero-order valence-electron chi connectivity index (χ0n) is 13.0. The Hall–Kier alpha value is -2.81. The first-order valence-corrected chi connectivity index (χ1v) is 7.67. The molecule has 0 unspecified atom stereocenters. The number of hydrogen-bond donors (Lipinski definition) is 0. The molecule has 0 aliphatic heterocycles. The van der Waals surface area contributed by atoms with Gasteiger partial charge in [0.15, 0.2) is 0 Å². The van der Waals surface area contributed by atoms with E-state index in [2.05, 4.69) is 0 Å². The highest BCUT2D eigenvalue weighted by Crippen LogP contribution is 2.29. The topological polar surface area (TPSA) is 39.4 Å².